The van der Waals surface area contributed by atoms with Crippen LogP contribution in [0, 0.1) is 0 Å². The van der Waals surface area contributed by atoms with Crippen molar-refractivity contribution in [2.24, 2.45) is 0 Å². The van der Waals surface area contributed by atoms with Crippen molar-refractivity contribution >= 4 is 22.9 Å². The third kappa shape index (κ3) is 4.33. The van der Waals surface area contributed by atoms with Gasteiger partial charge in [0.05, 0.1) is 12.9 Å². The molecular formula is C21H25N5O6. The lowest BCUT2D eigenvalue weighted by Crippen LogP contribution is -2.38. The number of aromatic nitrogens is 4. The Morgan fingerprint density at radius 2 is 2.06 bits per heavy atom. The Morgan fingerprint density at radius 3 is 2.78 bits per heavy atom. The summed E-state index contributed by atoms with van der Waals surface area (Å²) >= 11 is 0. The molecule has 0 radical (unpaired) electrons. The fraction of sp³-hybridized carbons (Fsp3) is 0.429. The molecule has 1 fully saturated rings. The minimum Gasteiger partial charge on any atom is -0.394 e. The number of aliphatic hydroxyl groups excluding tert-OH is 2. The lowest BCUT2D eigenvalue weighted by atomic mass is 10.1. The number of hydrogen-bond acceptors (Lipinski definition) is 9. The smallest absolute Gasteiger partial charge is 0.256 e. The Hall–Kier alpha value is -2.96. The van der Waals surface area contributed by atoms with E-state index < -0.39 is 30.8 Å². The van der Waals surface area contributed by atoms with Gasteiger partial charge < -0.3 is 29.7 Å². The van der Waals surface area contributed by atoms with Crippen LogP contribution < -0.4 is 5.32 Å². The monoisotopic (exact) mass is 443 g/mol. The van der Waals surface area contributed by atoms with Crippen LogP contribution in [0.5, 0.6) is 0 Å². The second-order valence-electron chi connectivity index (χ2n) is 7.23. The van der Waals surface area contributed by atoms with Gasteiger partial charge in [-0.3, -0.25) is 9.36 Å². The predicted molar refractivity (Wildman–Crippen MR) is 113 cm³/mol. The van der Waals surface area contributed by atoms with Crippen molar-refractivity contribution in [2.75, 3.05) is 18.5 Å². The van der Waals surface area contributed by atoms with Gasteiger partial charge in [-0.1, -0.05) is 18.2 Å². The van der Waals surface area contributed by atoms with Gasteiger partial charge in [0.15, 0.2) is 29.5 Å². The molecule has 32 heavy (non-hydrogen) atoms. The molecule has 1 saturated heterocycles. The predicted octanol–water partition coefficient (Wildman–Crippen LogP) is 1.10. The zero-order chi connectivity index (χ0) is 22.7. The zero-order valence-electron chi connectivity index (χ0n) is 17.7. The summed E-state index contributed by atoms with van der Waals surface area (Å²) in [4.78, 5) is 25.3. The number of benzene rings is 1. The van der Waals surface area contributed by atoms with Crippen LogP contribution in [0.1, 0.15) is 30.4 Å². The number of carbonyl (C=O) groups is 1. The standard InChI is InChI=1S/C21H25N5O6/c1-3-30-12(2)31-17-16(28)14(9-27)32-21(17)26-11-24-15-18(22-10-23-19(15)26)25-20(29)13-7-5-4-6-8-13/h4-8,10-12,14,16-17,21,27-28H,3,9H2,1-2H3,(H,22,23,25,29)/t12?,14-,16-,17-,21-/m1/s1. The molecule has 1 aliphatic rings. The minimum absolute atomic E-state index is 0.236. The maximum absolute atomic E-state index is 12.6. The van der Waals surface area contributed by atoms with Gasteiger partial charge in [0.25, 0.3) is 5.91 Å². The summed E-state index contributed by atoms with van der Waals surface area (Å²) < 4.78 is 18.7. The summed E-state index contributed by atoms with van der Waals surface area (Å²) in [7, 11) is 0. The quantitative estimate of drug-likeness (QED) is 0.436. The van der Waals surface area contributed by atoms with Gasteiger partial charge >= 0.3 is 0 Å². The normalized spacial score (nSPS) is 24.0. The number of anilines is 1. The maximum atomic E-state index is 12.6. The third-order valence-corrected chi connectivity index (χ3v) is 5.14. The molecule has 11 heteroatoms. The van der Waals surface area contributed by atoms with Gasteiger partial charge in [0, 0.05) is 12.2 Å². The number of aliphatic hydroxyl groups is 2. The van der Waals surface area contributed by atoms with Crippen molar-refractivity contribution in [2.45, 2.75) is 44.7 Å². The van der Waals surface area contributed by atoms with E-state index >= 15 is 0 Å². The summed E-state index contributed by atoms with van der Waals surface area (Å²) in [5.74, 6) is -0.0974. The second-order valence-corrected chi connectivity index (χ2v) is 7.23. The van der Waals surface area contributed by atoms with Gasteiger partial charge in [0.2, 0.25) is 0 Å². The Labute approximate surface area is 184 Å². The van der Waals surface area contributed by atoms with Crippen molar-refractivity contribution in [3.63, 3.8) is 0 Å². The van der Waals surface area contributed by atoms with Crippen LogP contribution >= 0.6 is 0 Å². The molecule has 5 atom stereocenters. The summed E-state index contributed by atoms with van der Waals surface area (Å²) in [6, 6.07) is 8.74. The highest BCUT2D eigenvalue weighted by Crippen LogP contribution is 2.35. The van der Waals surface area contributed by atoms with Crippen molar-refractivity contribution < 1.29 is 29.2 Å². The van der Waals surface area contributed by atoms with Crippen LogP contribution in [0.15, 0.2) is 43.0 Å². The molecule has 2 aromatic heterocycles. The molecule has 1 unspecified atom stereocenters. The first kappa shape index (κ1) is 22.2. The van der Waals surface area contributed by atoms with Crippen LogP contribution in [0.25, 0.3) is 11.2 Å². The van der Waals surface area contributed by atoms with Crippen LogP contribution in [0.4, 0.5) is 5.82 Å². The van der Waals surface area contributed by atoms with Gasteiger partial charge in [0.1, 0.15) is 24.6 Å². The maximum Gasteiger partial charge on any atom is 0.256 e. The highest BCUT2D eigenvalue weighted by Gasteiger charge is 2.46. The molecule has 1 aromatic carbocycles. The van der Waals surface area contributed by atoms with Gasteiger partial charge in [-0.05, 0) is 26.0 Å². The van der Waals surface area contributed by atoms with Gasteiger partial charge in [-0.2, -0.15) is 0 Å². The molecule has 1 amide bonds. The number of amides is 1. The molecule has 4 rings (SSSR count). The number of carbonyl (C=O) groups excluding carboxylic acids is 1. The Kier molecular flexibility index (Phi) is 6.72. The number of nitrogens with zero attached hydrogens (tertiary/aromatic N) is 4. The number of imidazole rings is 1. The van der Waals surface area contributed by atoms with E-state index in [9.17, 15) is 15.0 Å². The number of rotatable bonds is 8. The number of hydrogen-bond donors (Lipinski definition) is 3. The molecule has 3 heterocycles. The largest absolute Gasteiger partial charge is 0.394 e. The summed E-state index contributed by atoms with van der Waals surface area (Å²) in [6.45, 7) is 3.59. The molecule has 0 saturated carbocycles. The lowest BCUT2D eigenvalue weighted by molar-refractivity contribution is -0.191. The molecule has 170 valence electrons. The van der Waals surface area contributed by atoms with E-state index in [-0.39, 0.29) is 18.3 Å². The first-order valence-electron chi connectivity index (χ1n) is 10.3. The van der Waals surface area contributed by atoms with Crippen LogP contribution in [0.2, 0.25) is 0 Å². The Morgan fingerprint density at radius 1 is 1.28 bits per heavy atom. The van der Waals surface area contributed by atoms with E-state index in [0.29, 0.717) is 23.3 Å². The molecule has 3 aromatic rings. The summed E-state index contributed by atoms with van der Waals surface area (Å²) in [6.07, 6.45) is -1.45. The topological polar surface area (TPSA) is 141 Å². The number of fused-ring (bicyclic) bond motifs is 1. The lowest BCUT2D eigenvalue weighted by Gasteiger charge is -2.25. The minimum atomic E-state index is -1.09. The van der Waals surface area contributed by atoms with Crippen LogP contribution in [-0.2, 0) is 14.2 Å². The van der Waals surface area contributed by atoms with Gasteiger partial charge in [-0.15, -0.1) is 0 Å². The molecule has 11 nitrogen and oxygen atoms in total. The molecule has 1 aliphatic heterocycles. The number of nitrogens with one attached hydrogen (secondary N) is 1. The second kappa shape index (κ2) is 9.67. The first-order chi connectivity index (χ1) is 15.5. The fourth-order valence-corrected chi connectivity index (χ4v) is 3.63. The molecular weight excluding hydrogens is 418 g/mol. The number of ether oxygens (including phenoxy) is 3. The third-order valence-electron chi connectivity index (χ3n) is 5.14. The van der Waals surface area contributed by atoms with Gasteiger partial charge in [-0.25, -0.2) is 15.0 Å². The van der Waals surface area contributed by atoms with E-state index in [1.165, 1.54) is 12.7 Å². The summed E-state index contributed by atoms with van der Waals surface area (Å²) in [5, 5.41) is 23.0. The fourth-order valence-electron chi connectivity index (χ4n) is 3.63. The van der Waals surface area contributed by atoms with E-state index in [4.69, 9.17) is 14.2 Å². The Balaban J connectivity index is 1.64. The van der Waals surface area contributed by atoms with Crippen molar-refractivity contribution in [3.8, 4) is 0 Å². The van der Waals surface area contributed by atoms with E-state index in [1.54, 1.807) is 35.8 Å². The zero-order valence-corrected chi connectivity index (χ0v) is 17.7. The van der Waals surface area contributed by atoms with E-state index in [0.717, 1.165) is 0 Å². The SMILES string of the molecule is CCOC(C)O[C@@H]1[C@H](O)[C@@H](CO)O[C@H]1n1cnc2c(NC(=O)c3ccccc3)ncnc21. The Bertz CT molecular complexity index is 1060. The van der Waals surface area contributed by atoms with E-state index in [2.05, 4.69) is 20.3 Å². The molecule has 0 bridgehead atoms. The van der Waals surface area contributed by atoms with E-state index in [1.807, 2.05) is 13.0 Å². The average molecular weight is 443 g/mol. The molecule has 0 spiro atoms. The van der Waals surface area contributed by atoms with Crippen LogP contribution in [-0.4, -0.2) is 73.5 Å². The van der Waals surface area contributed by atoms with Crippen LogP contribution in [0.3, 0.4) is 0 Å². The highest BCUT2D eigenvalue weighted by molar-refractivity contribution is 6.06. The highest BCUT2D eigenvalue weighted by atomic mass is 16.7. The summed E-state index contributed by atoms with van der Waals surface area (Å²) in [5.41, 5.74) is 1.20. The molecule has 3 N–H and O–H groups in total. The van der Waals surface area contributed by atoms with Crippen molar-refractivity contribution in [1.29, 1.82) is 0 Å². The first-order valence-corrected chi connectivity index (χ1v) is 10.3. The van der Waals surface area contributed by atoms with Crippen molar-refractivity contribution in [3.05, 3.63) is 48.5 Å². The van der Waals surface area contributed by atoms with Crippen molar-refractivity contribution in [1.82, 2.24) is 19.5 Å². The molecule has 0 aliphatic carbocycles. The average Bonchev–Trinajstić information content (AvgIpc) is 3.36.